The summed E-state index contributed by atoms with van der Waals surface area (Å²) in [7, 11) is 0. The number of hydrogen-bond acceptors (Lipinski definition) is 4. The van der Waals surface area contributed by atoms with Crippen molar-refractivity contribution in [2.75, 3.05) is 26.2 Å². The van der Waals surface area contributed by atoms with Crippen molar-refractivity contribution in [2.45, 2.75) is 13.2 Å². The van der Waals surface area contributed by atoms with Crippen LogP contribution in [-0.2, 0) is 13.2 Å². The largest absolute Gasteiger partial charge is 0.489 e. The summed E-state index contributed by atoms with van der Waals surface area (Å²) in [5.74, 6) is 0.165. The Kier molecular flexibility index (Phi) is 7.13. The number of hydrogen-bond donors (Lipinski definition) is 0. The Balaban J connectivity index is 1.28. The summed E-state index contributed by atoms with van der Waals surface area (Å²) in [6, 6.07) is 13.4. The number of thiophene rings is 1. The minimum absolute atomic E-state index is 0.0335. The third-order valence-corrected chi connectivity index (χ3v) is 6.69. The van der Waals surface area contributed by atoms with E-state index in [1.165, 1.54) is 23.5 Å². The molecule has 0 atom stereocenters. The van der Waals surface area contributed by atoms with Gasteiger partial charge in [-0.15, -0.1) is 11.3 Å². The lowest BCUT2D eigenvalue weighted by atomic mass is 10.2. The van der Waals surface area contributed by atoms with Gasteiger partial charge in [0.05, 0.1) is 4.88 Å². The van der Waals surface area contributed by atoms with Crippen LogP contribution in [0.3, 0.4) is 0 Å². The van der Waals surface area contributed by atoms with Gasteiger partial charge in [-0.1, -0.05) is 35.3 Å². The molecule has 0 radical (unpaired) electrons. The van der Waals surface area contributed by atoms with Crippen molar-refractivity contribution >= 4 is 40.4 Å². The third kappa shape index (κ3) is 5.77. The van der Waals surface area contributed by atoms with Crippen molar-refractivity contribution in [3.63, 3.8) is 0 Å². The lowest BCUT2D eigenvalue weighted by Crippen LogP contribution is -2.48. The Labute approximate surface area is 194 Å². The van der Waals surface area contributed by atoms with Gasteiger partial charge in [-0.2, -0.15) is 0 Å². The highest BCUT2D eigenvalue weighted by Crippen LogP contribution is 2.24. The number of ether oxygens (including phenoxy) is 1. The van der Waals surface area contributed by atoms with Crippen LogP contribution < -0.4 is 4.74 Å². The van der Waals surface area contributed by atoms with Crippen molar-refractivity contribution in [3.05, 3.63) is 85.8 Å². The van der Waals surface area contributed by atoms with E-state index >= 15 is 0 Å². The Morgan fingerprint density at radius 3 is 2.61 bits per heavy atom. The minimum atomic E-state index is -0.337. The molecule has 0 N–H and O–H groups in total. The van der Waals surface area contributed by atoms with Crippen molar-refractivity contribution in [1.82, 2.24) is 9.80 Å². The van der Waals surface area contributed by atoms with E-state index in [0.29, 0.717) is 40.4 Å². The van der Waals surface area contributed by atoms with Crippen LogP contribution in [0.2, 0.25) is 10.0 Å². The molecule has 0 bridgehead atoms. The van der Waals surface area contributed by atoms with Crippen LogP contribution in [0.1, 0.15) is 20.8 Å². The number of amides is 1. The monoisotopic (exact) mass is 478 g/mol. The average molecular weight is 479 g/mol. The highest BCUT2D eigenvalue weighted by molar-refractivity contribution is 7.12. The van der Waals surface area contributed by atoms with E-state index in [1.54, 1.807) is 18.2 Å². The molecule has 1 fully saturated rings. The van der Waals surface area contributed by atoms with Gasteiger partial charge in [0.25, 0.3) is 5.91 Å². The first kappa shape index (κ1) is 22.1. The predicted molar refractivity (Wildman–Crippen MR) is 123 cm³/mol. The molecule has 1 aromatic heterocycles. The number of carbonyl (C=O) groups excluding carboxylic acids is 1. The summed E-state index contributed by atoms with van der Waals surface area (Å²) in [5.41, 5.74) is 1.93. The van der Waals surface area contributed by atoms with Crippen molar-refractivity contribution < 1.29 is 13.9 Å². The van der Waals surface area contributed by atoms with Gasteiger partial charge < -0.3 is 9.64 Å². The maximum Gasteiger partial charge on any atom is 0.264 e. The van der Waals surface area contributed by atoms with E-state index < -0.39 is 0 Å². The Morgan fingerprint density at radius 1 is 1.06 bits per heavy atom. The fourth-order valence-corrected chi connectivity index (χ4v) is 4.77. The van der Waals surface area contributed by atoms with Gasteiger partial charge in [-0.25, -0.2) is 4.39 Å². The minimum Gasteiger partial charge on any atom is -0.489 e. The molecule has 0 saturated carbocycles. The molecule has 2 heterocycles. The Morgan fingerprint density at radius 2 is 1.87 bits per heavy atom. The fraction of sp³-hybridized carbons (Fsp3) is 0.261. The predicted octanol–water partition coefficient (Wildman–Crippen LogP) is 5.73. The highest BCUT2D eigenvalue weighted by atomic mass is 35.5. The first-order chi connectivity index (χ1) is 15.0. The summed E-state index contributed by atoms with van der Waals surface area (Å²) in [4.78, 5) is 17.7. The normalized spacial score (nSPS) is 14.6. The van der Waals surface area contributed by atoms with E-state index in [2.05, 4.69) is 4.90 Å². The van der Waals surface area contributed by atoms with Gasteiger partial charge in [0, 0.05) is 54.4 Å². The quantitative estimate of drug-likeness (QED) is 0.453. The average Bonchev–Trinajstić information content (AvgIpc) is 3.23. The second-order valence-corrected chi connectivity index (χ2v) is 9.12. The van der Waals surface area contributed by atoms with Crippen LogP contribution in [0, 0.1) is 5.82 Å². The molecule has 4 nitrogen and oxygen atoms in total. The van der Waals surface area contributed by atoms with Gasteiger partial charge >= 0.3 is 0 Å². The summed E-state index contributed by atoms with van der Waals surface area (Å²) < 4.78 is 18.9. The molecule has 8 heteroatoms. The van der Waals surface area contributed by atoms with Crippen LogP contribution in [0.4, 0.5) is 4.39 Å². The van der Waals surface area contributed by atoms with Gasteiger partial charge in [-0.05, 0) is 41.3 Å². The van der Waals surface area contributed by atoms with E-state index in [1.807, 2.05) is 28.5 Å². The molecular weight excluding hydrogens is 458 g/mol. The molecule has 2 aromatic carbocycles. The summed E-state index contributed by atoms with van der Waals surface area (Å²) >= 11 is 13.7. The molecule has 162 valence electrons. The number of halogens is 3. The van der Waals surface area contributed by atoms with Crippen LogP contribution in [0.25, 0.3) is 0 Å². The first-order valence-electron chi connectivity index (χ1n) is 9.89. The van der Waals surface area contributed by atoms with E-state index in [0.717, 1.165) is 30.8 Å². The summed E-state index contributed by atoms with van der Waals surface area (Å²) in [5, 5.41) is 3.20. The first-order valence-corrected chi connectivity index (χ1v) is 11.5. The van der Waals surface area contributed by atoms with E-state index in [4.69, 9.17) is 27.9 Å². The fourth-order valence-electron chi connectivity index (χ4n) is 3.44. The SMILES string of the molecule is O=C(c1cc(COc2cccc(F)c2)cs1)N1CCN(Cc2ccc(Cl)cc2Cl)CC1. The second-order valence-electron chi connectivity index (χ2n) is 7.37. The van der Waals surface area contributed by atoms with Crippen molar-refractivity contribution in [3.8, 4) is 5.75 Å². The number of piperazine rings is 1. The lowest BCUT2D eigenvalue weighted by molar-refractivity contribution is 0.0633. The molecule has 3 aromatic rings. The lowest BCUT2D eigenvalue weighted by Gasteiger charge is -2.34. The highest BCUT2D eigenvalue weighted by Gasteiger charge is 2.23. The molecule has 1 aliphatic heterocycles. The van der Waals surface area contributed by atoms with Gasteiger partial charge in [0.1, 0.15) is 18.2 Å². The zero-order valence-electron chi connectivity index (χ0n) is 16.7. The molecule has 31 heavy (non-hydrogen) atoms. The number of carbonyl (C=O) groups is 1. The maximum atomic E-state index is 13.3. The third-order valence-electron chi connectivity index (χ3n) is 5.13. The second kappa shape index (κ2) is 10.0. The Bertz CT molecular complexity index is 1070. The standard InChI is InChI=1S/C23H21Cl2FN2O2S/c24-18-5-4-17(21(25)11-18)13-27-6-8-28(9-7-27)23(29)22-10-16(15-31-22)14-30-20-3-1-2-19(26)12-20/h1-5,10-12,15H,6-9,13-14H2. The van der Waals surface area contributed by atoms with Crippen molar-refractivity contribution in [2.24, 2.45) is 0 Å². The molecule has 0 aliphatic carbocycles. The molecule has 1 saturated heterocycles. The smallest absolute Gasteiger partial charge is 0.264 e. The van der Waals surface area contributed by atoms with E-state index in [-0.39, 0.29) is 11.7 Å². The van der Waals surface area contributed by atoms with Gasteiger partial charge in [0.15, 0.2) is 0 Å². The van der Waals surface area contributed by atoms with E-state index in [9.17, 15) is 9.18 Å². The molecule has 0 unspecified atom stereocenters. The molecule has 1 aliphatic rings. The van der Waals surface area contributed by atoms with Crippen LogP contribution in [-0.4, -0.2) is 41.9 Å². The van der Waals surface area contributed by atoms with Crippen molar-refractivity contribution in [1.29, 1.82) is 0 Å². The number of rotatable bonds is 6. The maximum absolute atomic E-state index is 13.3. The molecule has 4 rings (SSSR count). The van der Waals surface area contributed by atoms with Crippen LogP contribution >= 0.6 is 34.5 Å². The Hall–Kier alpha value is -2.12. The topological polar surface area (TPSA) is 32.8 Å². The van der Waals surface area contributed by atoms with Gasteiger partial charge in [0.2, 0.25) is 0 Å². The summed E-state index contributed by atoms with van der Waals surface area (Å²) in [6.07, 6.45) is 0. The zero-order chi connectivity index (χ0) is 21.8. The summed E-state index contributed by atoms with van der Waals surface area (Å²) in [6.45, 7) is 3.92. The van der Waals surface area contributed by atoms with Crippen LogP contribution in [0.5, 0.6) is 5.75 Å². The molecule has 0 spiro atoms. The van der Waals surface area contributed by atoms with Gasteiger partial charge in [-0.3, -0.25) is 9.69 Å². The van der Waals surface area contributed by atoms with Crippen LogP contribution in [0.15, 0.2) is 53.9 Å². The molecule has 1 amide bonds. The number of benzene rings is 2. The number of nitrogens with zero attached hydrogens (tertiary/aromatic N) is 2. The zero-order valence-corrected chi connectivity index (χ0v) is 19.0. The molecular formula is C23H21Cl2FN2O2S.